The molecule has 4 aromatic rings. The number of likely N-dealkylation sites (tertiary alicyclic amines) is 1. The maximum Gasteiger partial charge on any atom is 0.255 e. The maximum atomic E-state index is 13.0. The predicted octanol–water partition coefficient (Wildman–Crippen LogP) is 5.79. The van der Waals surface area contributed by atoms with Crippen LogP contribution in [0, 0.1) is 6.92 Å². The quantitative estimate of drug-likeness (QED) is 0.404. The number of anilines is 1. The van der Waals surface area contributed by atoms with Crippen LogP contribution in [0.4, 0.5) is 5.69 Å². The molecule has 1 saturated heterocycles. The second-order valence-corrected chi connectivity index (χ2v) is 9.24. The SMILES string of the molecule is Cc1c(NC(=O)c2ccc(-c3ccc4c(c3)OCO4)cc2)ccc2cc(CN3CCCC3)cnc12. The number of hydrogen-bond donors (Lipinski definition) is 1. The molecular formula is C29H27N3O3. The van der Waals surface area contributed by atoms with Gasteiger partial charge in [0.2, 0.25) is 6.79 Å². The molecule has 3 aromatic carbocycles. The summed E-state index contributed by atoms with van der Waals surface area (Å²) < 4.78 is 10.9. The summed E-state index contributed by atoms with van der Waals surface area (Å²) in [5, 5.41) is 4.16. The van der Waals surface area contributed by atoms with E-state index in [9.17, 15) is 4.79 Å². The van der Waals surface area contributed by atoms with Gasteiger partial charge in [0.15, 0.2) is 11.5 Å². The molecule has 1 aromatic heterocycles. The summed E-state index contributed by atoms with van der Waals surface area (Å²) in [4.78, 5) is 20.2. The van der Waals surface area contributed by atoms with E-state index < -0.39 is 0 Å². The lowest BCUT2D eigenvalue weighted by molar-refractivity contribution is 0.102. The Hall–Kier alpha value is -3.90. The number of nitrogens with one attached hydrogen (secondary N) is 1. The molecule has 3 heterocycles. The summed E-state index contributed by atoms with van der Waals surface area (Å²) in [5.41, 5.74) is 6.53. The first-order valence-corrected chi connectivity index (χ1v) is 12.1. The number of fused-ring (bicyclic) bond motifs is 2. The molecular weight excluding hydrogens is 438 g/mol. The van der Waals surface area contributed by atoms with Crippen molar-refractivity contribution < 1.29 is 14.3 Å². The van der Waals surface area contributed by atoms with E-state index >= 15 is 0 Å². The van der Waals surface area contributed by atoms with Crippen molar-refractivity contribution in [3.05, 3.63) is 83.6 Å². The average molecular weight is 466 g/mol. The van der Waals surface area contributed by atoms with Gasteiger partial charge in [0.25, 0.3) is 5.91 Å². The minimum atomic E-state index is -0.143. The fourth-order valence-corrected chi connectivity index (χ4v) is 4.90. The van der Waals surface area contributed by atoms with Gasteiger partial charge in [-0.2, -0.15) is 0 Å². The van der Waals surface area contributed by atoms with Crippen LogP contribution in [0.2, 0.25) is 0 Å². The van der Waals surface area contributed by atoms with E-state index in [2.05, 4.69) is 16.3 Å². The summed E-state index contributed by atoms with van der Waals surface area (Å²) in [6.07, 6.45) is 4.53. The number of amides is 1. The van der Waals surface area contributed by atoms with E-state index in [1.165, 1.54) is 31.5 Å². The molecule has 6 rings (SSSR count). The Kier molecular flexibility index (Phi) is 5.58. The van der Waals surface area contributed by atoms with Gasteiger partial charge >= 0.3 is 0 Å². The van der Waals surface area contributed by atoms with Crippen LogP contribution in [-0.2, 0) is 6.54 Å². The molecule has 1 fully saturated rings. The number of rotatable bonds is 5. The molecule has 6 nitrogen and oxygen atoms in total. The zero-order valence-electron chi connectivity index (χ0n) is 19.7. The van der Waals surface area contributed by atoms with Gasteiger partial charge in [-0.15, -0.1) is 0 Å². The lowest BCUT2D eigenvalue weighted by atomic mass is 10.0. The molecule has 1 N–H and O–H groups in total. The molecule has 35 heavy (non-hydrogen) atoms. The third-order valence-corrected chi connectivity index (χ3v) is 6.87. The highest BCUT2D eigenvalue weighted by molar-refractivity contribution is 6.06. The molecule has 0 radical (unpaired) electrons. The van der Waals surface area contributed by atoms with Gasteiger partial charge in [0, 0.05) is 29.4 Å². The summed E-state index contributed by atoms with van der Waals surface area (Å²) in [7, 11) is 0. The van der Waals surface area contributed by atoms with E-state index in [1.54, 1.807) is 0 Å². The highest BCUT2D eigenvalue weighted by Crippen LogP contribution is 2.36. The summed E-state index contributed by atoms with van der Waals surface area (Å²) in [6.45, 7) is 5.54. The van der Waals surface area contributed by atoms with E-state index in [1.807, 2.05) is 67.7 Å². The third-order valence-electron chi connectivity index (χ3n) is 6.87. The standard InChI is InChI=1S/C29H27N3O3/c1-19-25(10-8-24-14-20(16-30-28(19)24)17-32-12-2-3-13-32)31-29(33)22-6-4-21(5-7-22)23-9-11-26-27(15-23)35-18-34-26/h4-11,14-16H,2-3,12-13,17-18H2,1H3,(H,31,33). The van der Waals surface area contributed by atoms with Gasteiger partial charge in [0.1, 0.15) is 0 Å². The van der Waals surface area contributed by atoms with Gasteiger partial charge in [0.05, 0.1) is 5.52 Å². The Morgan fingerprint density at radius 1 is 0.943 bits per heavy atom. The third kappa shape index (κ3) is 4.33. The highest BCUT2D eigenvalue weighted by atomic mass is 16.7. The molecule has 176 valence electrons. The number of aromatic nitrogens is 1. The van der Waals surface area contributed by atoms with Crippen molar-refractivity contribution in [2.75, 3.05) is 25.2 Å². The minimum absolute atomic E-state index is 0.143. The fraction of sp³-hybridized carbons (Fsp3) is 0.241. The molecule has 0 bridgehead atoms. The largest absolute Gasteiger partial charge is 0.454 e. The molecule has 0 saturated carbocycles. The molecule has 2 aliphatic heterocycles. The van der Waals surface area contributed by atoms with Crippen molar-refractivity contribution in [2.45, 2.75) is 26.3 Å². The number of pyridine rings is 1. The Balaban J connectivity index is 1.18. The smallest absolute Gasteiger partial charge is 0.255 e. The second-order valence-electron chi connectivity index (χ2n) is 9.24. The molecule has 0 unspecified atom stereocenters. The Morgan fingerprint density at radius 2 is 1.71 bits per heavy atom. The molecule has 0 spiro atoms. The number of aryl methyl sites for hydroxylation is 1. The van der Waals surface area contributed by atoms with Gasteiger partial charge in [-0.25, -0.2) is 0 Å². The average Bonchev–Trinajstić information content (AvgIpc) is 3.57. The van der Waals surface area contributed by atoms with E-state index in [0.29, 0.717) is 5.56 Å². The zero-order chi connectivity index (χ0) is 23.8. The van der Waals surface area contributed by atoms with E-state index in [4.69, 9.17) is 14.5 Å². The number of benzene rings is 3. The number of ether oxygens (including phenoxy) is 2. The number of hydrogen-bond acceptors (Lipinski definition) is 5. The minimum Gasteiger partial charge on any atom is -0.454 e. The first kappa shape index (κ1) is 21.6. The molecule has 2 aliphatic rings. The topological polar surface area (TPSA) is 63.7 Å². The lowest BCUT2D eigenvalue weighted by Gasteiger charge is -2.15. The zero-order valence-corrected chi connectivity index (χ0v) is 19.7. The van der Waals surface area contributed by atoms with Crippen LogP contribution in [0.25, 0.3) is 22.0 Å². The van der Waals surface area contributed by atoms with Crippen LogP contribution < -0.4 is 14.8 Å². The Bertz CT molecular complexity index is 1410. The summed E-state index contributed by atoms with van der Waals surface area (Å²) in [6, 6.07) is 19.7. The number of carbonyl (C=O) groups excluding carboxylic acids is 1. The molecule has 0 aliphatic carbocycles. The van der Waals surface area contributed by atoms with Crippen molar-refractivity contribution >= 4 is 22.5 Å². The summed E-state index contributed by atoms with van der Waals surface area (Å²) >= 11 is 0. The summed E-state index contributed by atoms with van der Waals surface area (Å²) in [5.74, 6) is 1.36. The van der Waals surface area contributed by atoms with Gasteiger partial charge in [-0.3, -0.25) is 14.7 Å². The highest BCUT2D eigenvalue weighted by Gasteiger charge is 2.16. The van der Waals surface area contributed by atoms with Crippen LogP contribution in [0.3, 0.4) is 0 Å². The predicted molar refractivity (Wildman–Crippen MR) is 137 cm³/mol. The van der Waals surface area contributed by atoms with Crippen LogP contribution in [-0.4, -0.2) is 35.7 Å². The van der Waals surface area contributed by atoms with E-state index in [0.717, 1.165) is 51.3 Å². The molecule has 1 amide bonds. The molecule has 0 atom stereocenters. The van der Waals surface area contributed by atoms with Crippen molar-refractivity contribution in [3.8, 4) is 22.6 Å². The van der Waals surface area contributed by atoms with Gasteiger partial charge in [-0.05, 0) is 91.5 Å². The monoisotopic (exact) mass is 465 g/mol. The van der Waals surface area contributed by atoms with E-state index in [-0.39, 0.29) is 12.7 Å². The maximum absolute atomic E-state index is 13.0. The number of carbonyl (C=O) groups is 1. The Labute approximate surface area is 204 Å². The first-order valence-electron chi connectivity index (χ1n) is 12.1. The second kappa shape index (κ2) is 9.04. The molecule has 6 heteroatoms. The van der Waals surface area contributed by atoms with Crippen molar-refractivity contribution in [1.29, 1.82) is 0 Å². The Morgan fingerprint density at radius 3 is 2.54 bits per heavy atom. The number of nitrogens with zero attached hydrogens (tertiary/aromatic N) is 2. The van der Waals surface area contributed by atoms with Crippen LogP contribution in [0.1, 0.15) is 34.3 Å². The van der Waals surface area contributed by atoms with Gasteiger partial charge < -0.3 is 14.8 Å². The van der Waals surface area contributed by atoms with Crippen LogP contribution in [0.5, 0.6) is 11.5 Å². The fourth-order valence-electron chi connectivity index (χ4n) is 4.90. The van der Waals surface area contributed by atoms with Crippen LogP contribution in [0.15, 0.2) is 66.9 Å². The normalized spacial score (nSPS) is 15.0. The first-order chi connectivity index (χ1) is 17.1. The van der Waals surface area contributed by atoms with Gasteiger partial charge in [-0.1, -0.05) is 24.3 Å². The van der Waals surface area contributed by atoms with Crippen molar-refractivity contribution in [3.63, 3.8) is 0 Å². The van der Waals surface area contributed by atoms with Crippen molar-refractivity contribution in [2.24, 2.45) is 0 Å². The lowest BCUT2D eigenvalue weighted by Crippen LogP contribution is -2.18. The van der Waals surface area contributed by atoms with Crippen molar-refractivity contribution in [1.82, 2.24) is 9.88 Å². The van der Waals surface area contributed by atoms with Crippen LogP contribution >= 0.6 is 0 Å².